The first kappa shape index (κ1) is 25.4. The Morgan fingerprint density at radius 1 is 1.03 bits per heavy atom. The van der Waals surface area contributed by atoms with Crippen LogP contribution in [0.25, 0.3) is 0 Å². The van der Waals surface area contributed by atoms with E-state index in [4.69, 9.17) is 0 Å². The first-order chi connectivity index (χ1) is 16.2. The maximum Gasteiger partial charge on any atom is 0.325 e. The Kier molecular flexibility index (Phi) is 7.54. The molecule has 1 spiro atoms. The number of carbonyl (C=O) groups excluding carboxylic acids is 3. The van der Waals surface area contributed by atoms with Crippen LogP contribution < -0.4 is 5.32 Å². The van der Waals surface area contributed by atoms with Gasteiger partial charge >= 0.3 is 6.03 Å². The molecule has 2 aliphatic carbocycles. The minimum Gasteiger partial charge on any atom is -0.338 e. The molecule has 10 nitrogen and oxygen atoms in total. The van der Waals surface area contributed by atoms with Crippen LogP contribution in [-0.4, -0.2) is 96.0 Å². The van der Waals surface area contributed by atoms with Crippen molar-refractivity contribution in [2.45, 2.75) is 82.7 Å². The molecule has 4 fully saturated rings. The van der Waals surface area contributed by atoms with Gasteiger partial charge in [0, 0.05) is 39.3 Å². The maximum atomic E-state index is 13.1. The molecule has 0 bridgehead atoms. The second-order valence-electron chi connectivity index (χ2n) is 10.4. The summed E-state index contributed by atoms with van der Waals surface area (Å²) in [5.74, 6) is -0.0352. The second kappa shape index (κ2) is 10.1. The summed E-state index contributed by atoms with van der Waals surface area (Å²) in [7, 11) is -1.92. The van der Waals surface area contributed by atoms with E-state index in [0.717, 1.165) is 56.3 Å². The molecule has 4 aliphatic rings. The van der Waals surface area contributed by atoms with E-state index in [1.54, 1.807) is 11.9 Å². The van der Waals surface area contributed by atoms with Gasteiger partial charge in [0.1, 0.15) is 12.1 Å². The van der Waals surface area contributed by atoms with Crippen LogP contribution >= 0.6 is 0 Å². The molecule has 34 heavy (non-hydrogen) atoms. The van der Waals surface area contributed by atoms with E-state index in [1.807, 2.05) is 0 Å². The van der Waals surface area contributed by atoms with Gasteiger partial charge in [0.05, 0.1) is 0 Å². The molecular formula is C23H39N5O5S. The Bertz CT molecular complexity index is 887. The number of carbonyl (C=O) groups is 3. The van der Waals surface area contributed by atoms with Crippen molar-refractivity contribution in [3.05, 3.63) is 0 Å². The average molecular weight is 498 g/mol. The van der Waals surface area contributed by atoms with E-state index in [9.17, 15) is 22.8 Å². The predicted octanol–water partition coefficient (Wildman–Crippen LogP) is 1.53. The molecule has 0 aromatic heterocycles. The third kappa shape index (κ3) is 4.83. The molecule has 2 saturated heterocycles. The fourth-order valence-electron chi connectivity index (χ4n) is 5.96. The van der Waals surface area contributed by atoms with Gasteiger partial charge < -0.3 is 10.2 Å². The molecule has 192 valence electrons. The lowest BCUT2D eigenvalue weighted by molar-refractivity contribution is -0.140. The molecule has 4 amide bonds. The van der Waals surface area contributed by atoms with Crippen molar-refractivity contribution in [1.82, 2.24) is 23.7 Å². The zero-order valence-corrected chi connectivity index (χ0v) is 21.3. The van der Waals surface area contributed by atoms with Gasteiger partial charge in [-0.25, -0.2) is 4.79 Å². The van der Waals surface area contributed by atoms with Gasteiger partial charge in [-0.1, -0.05) is 32.6 Å². The van der Waals surface area contributed by atoms with E-state index in [1.165, 1.54) is 8.61 Å². The Balaban J connectivity index is 1.31. The van der Waals surface area contributed by atoms with Crippen molar-refractivity contribution in [3.63, 3.8) is 0 Å². The molecule has 4 rings (SSSR count). The molecule has 0 unspecified atom stereocenters. The molecule has 2 heterocycles. The highest BCUT2D eigenvalue weighted by atomic mass is 32.2. The summed E-state index contributed by atoms with van der Waals surface area (Å²) in [5.41, 5.74) is -0.862. The Morgan fingerprint density at radius 2 is 1.65 bits per heavy atom. The summed E-state index contributed by atoms with van der Waals surface area (Å²) in [4.78, 5) is 41.2. The van der Waals surface area contributed by atoms with Gasteiger partial charge in [-0.2, -0.15) is 17.0 Å². The quantitative estimate of drug-likeness (QED) is 0.560. The molecule has 0 atom stereocenters. The standard InChI is InChI=1S/C23H39N5O5S/c1-3-18-9-11-23(12-10-18)21(30)28(22(31)24-23)17-20(29)26-13-15-27(16-14-26)34(32,33)25(2)19-7-5-4-6-8-19/h18-19H,3-17H2,1-2H3,(H,24,31). The van der Waals surface area contributed by atoms with Gasteiger partial charge in [0.15, 0.2) is 0 Å². The summed E-state index contributed by atoms with van der Waals surface area (Å²) in [6.45, 7) is 2.79. The van der Waals surface area contributed by atoms with Crippen LogP contribution in [0, 0.1) is 5.92 Å². The second-order valence-corrected chi connectivity index (χ2v) is 12.3. The highest BCUT2D eigenvalue weighted by Gasteiger charge is 2.52. The largest absolute Gasteiger partial charge is 0.338 e. The Morgan fingerprint density at radius 3 is 2.24 bits per heavy atom. The molecule has 1 N–H and O–H groups in total. The average Bonchev–Trinajstić information content (AvgIpc) is 3.08. The van der Waals surface area contributed by atoms with Crippen molar-refractivity contribution in [3.8, 4) is 0 Å². The molecule has 0 radical (unpaired) electrons. The summed E-state index contributed by atoms with van der Waals surface area (Å²) in [6.07, 6.45) is 9.14. The van der Waals surface area contributed by atoms with Gasteiger partial charge in [-0.15, -0.1) is 0 Å². The SMILES string of the molecule is CCC1CCC2(CC1)NC(=O)N(CC(=O)N1CCN(S(=O)(=O)N(C)C3CCCCC3)CC1)C2=O. The van der Waals surface area contributed by atoms with E-state index in [0.29, 0.717) is 18.8 Å². The zero-order chi connectivity index (χ0) is 24.5. The normalized spacial score (nSPS) is 29.8. The number of nitrogens with zero attached hydrogens (tertiary/aromatic N) is 4. The van der Waals surface area contributed by atoms with Crippen LogP contribution in [-0.2, 0) is 19.8 Å². The fraction of sp³-hybridized carbons (Fsp3) is 0.870. The lowest BCUT2D eigenvalue weighted by Gasteiger charge is -2.39. The molecule has 11 heteroatoms. The highest BCUT2D eigenvalue weighted by molar-refractivity contribution is 7.86. The van der Waals surface area contributed by atoms with Crippen molar-refractivity contribution in [2.24, 2.45) is 5.92 Å². The first-order valence-corrected chi connectivity index (χ1v) is 14.2. The summed E-state index contributed by atoms with van der Waals surface area (Å²) in [6, 6.07) is -0.457. The summed E-state index contributed by atoms with van der Waals surface area (Å²) >= 11 is 0. The van der Waals surface area contributed by atoms with Crippen molar-refractivity contribution < 1.29 is 22.8 Å². The molecule has 2 saturated carbocycles. The van der Waals surface area contributed by atoms with Crippen LogP contribution in [0.2, 0.25) is 0 Å². The third-order valence-corrected chi connectivity index (χ3v) is 10.5. The van der Waals surface area contributed by atoms with Gasteiger partial charge in [-0.05, 0) is 44.4 Å². The van der Waals surface area contributed by atoms with Gasteiger partial charge in [0.25, 0.3) is 16.1 Å². The van der Waals surface area contributed by atoms with Crippen molar-refractivity contribution >= 4 is 28.1 Å². The summed E-state index contributed by atoms with van der Waals surface area (Å²) in [5, 5.41) is 2.87. The number of imide groups is 1. The Hall–Kier alpha value is -1.72. The number of urea groups is 1. The van der Waals surface area contributed by atoms with Crippen molar-refractivity contribution in [1.29, 1.82) is 0 Å². The van der Waals surface area contributed by atoms with Crippen LogP contribution in [0.15, 0.2) is 0 Å². The van der Waals surface area contributed by atoms with E-state index < -0.39 is 21.8 Å². The lowest BCUT2D eigenvalue weighted by Crippen LogP contribution is -2.56. The number of hydrogen-bond acceptors (Lipinski definition) is 5. The molecular weight excluding hydrogens is 458 g/mol. The fourth-order valence-corrected chi connectivity index (χ4v) is 7.53. The first-order valence-electron chi connectivity index (χ1n) is 12.8. The third-order valence-electron chi connectivity index (χ3n) is 8.45. The number of hydrogen-bond donors (Lipinski definition) is 1. The Labute approximate surface area is 203 Å². The molecule has 2 aliphatic heterocycles. The van der Waals surface area contributed by atoms with Crippen LogP contribution in [0.5, 0.6) is 0 Å². The van der Waals surface area contributed by atoms with E-state index in [2.05, 4.69) is 12.2 Å². The molecule has 0 aromatic carbocycles. The maximum absolute atomic E-state index is 13.1. The number of nitrogens with one attached hydrogen (secondary N) is 1. The van der Waals surface area contributed by atoms with Crippen LogP contribution in [0.3, 0.4) is 0 Å². The van der Waals surface area contributed by atoms with Gasteiger partial charge in [0.2, 0.25) is 5.91 Å². The smallest absolute Gasteiger partial charge is 0.325 e. The van der Waals surface area contributed by atoms with E-state index in [-0.39, 0.29) is 50.6 Å². The number of amides is 4. The lowest BCUT2D eigenvalue weighted by atomic mass is 9.75. The number of piperazine rings is 1. The zero-order valence-electron chi connectivity index (χ0n) is 20.5. The van der Waals surface area contributed by atoms with Crippen molar-refractivity contribution in [2.75, 3.05) is 39.8 Å². The van der Waals surface area contributed by atoms with Gasteiger partial charge in [-0.3, -0.25) is 14.5 Å². The predicted molar refractivity (Wildman–Crippen MR) is 127 cm³/mol. The highest BCUT2D eigenvalue weighted by Crippen LogP contribution is 2.37. The topological polar surface area (TPSA) is 110 Å². The minimum atomic E-state index is -3.58. The molecule has 0 aromatic rings. The van der Waals surface area contributed by atoms with Crippen LogP contribution in [0.1, 0.15) is 71.1 Å². The van der Waals surface area contributed by atoms with E-state index >= 15 is 0 Å². The monoisotopic (exact) mass is 497 g/mol. The van der Waals surface area contributed by atoms with Crippen LogP contribution in [0.4, 0.5) is 4.79 Å². The number of rotatable bonds is 6. The minimum absolute atomic E-state index is 0.0396. The summed E-state index contributed by atoms with van der Waals surface area (Å²) < 4.78 is 29.1.